The minimum Gasteiger partial charge on any atom is -0.330 e. The Labute approximate surface area is 70.6 Å². The molecule has 1 aromatic rings. The first-order valence-electron chi connectivity index (χ1n) is 3.88. The van der Waals surface area contributed by atoms with Crippen LogP contribution in [0.25, 0.3) is 0 Å². The van der Waals surface area contributed by atoms with E-state index in [0.717, 1.165) is 29.3 Å². The SMILES string of the molecule is CCCc1nnc(CCN)s1. The van der Waals surface area contributed by atoms with Crippen LogP contribution in [0.15, 0.2) is 0 Å². The molecule has 3 nitrogen and oxygen atoms in total. The Morgan fingerprint density at radius 1 is 1.27 bits per heavy atom. The van der Waals surface area contributed by atoms with E-state index in [1.165, 1.54) is 0 Å². The molecular weight excluding hydrogens is 158 g/mol. The molecule has 0 amide bonds. The molecule has 0 bridgehead atoms. The van der Waals surface area contributed by atoms with Crippen molar-refractivity contribution in [2.24, 2.45) is 5.73 Å². The van der Waals surface area contributed by atoms with Crippen molar-refractivity contribution in [3.63, 3.8) is 0 Å². The van der Waals surface area contributed by atoms with Gasteiger partial charge in [-0.1, -0.05) is 6.92 Å². The van der Waals surface area contributed by atoms with Crippen molar-refractivity contribution >= 4 is 11.3 Å². The number of hydrogen-bond donors (Lipinski definition) is 1. The predicted molar refractivity (Wildman–Crippen MR) is 46.7 cm³/mol. The molecule has 0 aliphatic rings. The van der Waals surface area contributed by atoms with Gasteiger partial charge in [0.25, 0.3) is 0 Å². The Morgan fingerprint density at radius 3 is 2.45 bits per heavy atom. The van der Waals surface area contributed by atoms with E-state index in [4.69, 9.17) is 5.73 Å². The van der Waals surface area contributed by atoms with E-state index < -0.39 is 0 Å². The normalized spacial score (nSPS) is 10.4. The van der Waals surface area contributed by atoms with Crippen molar-refractivity contribution < 1.29 is 0 Å². The molecule has 11 heavy (non-hydrogen) atoms. The Bertz CT molecular complexity index is 189. The lowest BCUT2D eigenvalue weighted by Gasteiger charge is -1.86. The molecule has 0 fully saturated rings. The van der Waals surface area contributed by atoms with Gasteiger partial charge in [0.05, 0.1) is 0 Å². The van der Waals surface area contributed by atoms with Gasteiger partial charge in [0.1, 0.15) is 10.0 Å². The molecule has 0 aromatic carbocycles. The number of aromatic nitrogens is 2. The lowest BCUT2D eigenvalue weighted by molar-refractivity contribution is 0.856. The molecule has 0 aliphatic carbocycles. The summed E-state index contributed by atoms with van der Waals surface area (Å²) in [6.07, 6.45) is 3.04. The summed E-state index contributed by atoms with van der Waals surface area (Å²) < 4.78 is 0. The Morgan fingerprint density at radius 2 is 1.91 bits per heavy atom. The number of hydrogen-bond acceptors (Lipinski definition) is 4. The predicted octanol–water partition coefficient (Wildman–Crippen LogP) is 0.992. The molecule has 0 saturated carbocycles. The highest BCUT2D eigenvalue weighted by molar-refractivity contribution is 7.11. The van der Waals surface area contributed by atoms with Crippen LogP contribution < -0.4 is 5.73 Å². The van der Waals surface area contributed by atoms with Crippen molar-refractivity contribution in [2.45, 2.75) is 26.2 Å². The summed E-state index contributed by atoms with van der Waals surface area (Å²) in [7, 11) is 0. The second-order valence-electron chi connectivity index (χ2n) is 2.38. The molecule has 4 heteroatoms. The van der Waals surface area contributed by atoms with Crippen LogP contribution in [0.4, 0.5) is 0 Å². The van der Waals surface area contributed by atoms with Crippen molar-refractivity contribution in [2.75, 3.05) is 6.54 Å². The van der Waals surface area contributed by atoms with Gasteiger partial charge in [0.2, 0.25) is 0 Å². The fourth-order valence-electron chi connectivity index (χ4n) is 0.828. The zero-order chi connectivity index (χ0) is 8.10. The first-order chi connectivity index (χ1) is 5.36. The van der Waals surface area contributed by atoms with Crippen molar-refractivity contribution in [3.05, 3.63) is 10.0 Å². The van der Waals surface area contributed by atoms with Gasteiger partial charge in [-0.3, -0.25) is 0 Å². The van der Waals surface area contributed by atoms with E-state index in [-0.39, 0.29) is 0 Å². The molecule has 62 valence electrons. The summed E-state index contributed by atoms with van der Waals surface area (Å²) in [5.41, 5.74) is 5.38. The maximum Gasteiger partial charge on any atom is 0.118 e. The zero-order valence-electron chi connectivity index (χ0n) is 6.71. The van der Waals surface area contributed by atoms with E-state index >= 15 is 0 Å². The van der Waals surface area contributed by atoms with E-state index in [1.807, 2.05) is 0 Å². The average Bonchev–Trinajstić information content (AvgIpc) is 2.38. The van der Waals surface area contributed by atoms with Crippen LogP contribution in [0.3, 0.4) is 0 Å². The van der Waals surface area contributed by atoms with Crippen molar-refractivity contribution in [1.29, 1.82) is 0 Å². The molecule has 1 aromatic heterocycles. The number of rotatable bonds is 4. The van der Waals surface area contributed by atoms with E-state index in [0.29, 0.717) is 6.54 Å². The van der Waals surface area contributed by atoms with Crippen LogP contribution in [0.1, 0.15) is 23.4 Å². The lowest BCUT2D eigenvalue weighted by Crippen LogP contribution is -2.01. The van der Waals surface area contributed by atoms with Crippen LogP contribution in [-0.4, -0.2) is 16.7 Å². The summed E-state index contributed by atoms with van der Waals surface area (Å²) in [5, 5.41) is 10.3. The molecule has 0 unspecified atom stereocenters. The zero-order valence-corrected chi connectivity index (χ0v) is 7.52. The molecule has 1 rings (SSSR count). The monoisotopic (exact) mass is 171 g/mol. The molecular formula is C7H13N3S. The summed E-state index contributed by atoms with van der Waals surface area (Å²) >= 11 is 1.68. The second kappa shape index (κ2) is 4.41. The standard InChI is InChI=1S/C7H13N3S/c1-2-3-6-9-10-7(11-6)4-5-8/h2-5,8H2,1H3. The van der Waals surface area contributed by atoms with E-state index in [9.17, 15) is 0 Å². The average molecular weight is 171 g/mol. The van der Waals surface area contributed by atoms with Crippen LogP contribution in [0.2, 0.25) is 0 Å². The summed E-state index contributed by atoms with van der Waals surface area (Å²) in [4.78, 5) is 0. The van der Waals surface area contributed by atoms with E-state index in [2.05, 4.69) is 17.1 Å². The smallest absolute Gasteiger partial charge is 0.118 e. The molecule has 2 N–H and O–H groups in total. The summed E-state index contributed by atoms with van der Waals surface area (Å²) in [5.74, 6) is 0. The molecule has 0 saturated heterocycles. The highest BCUT2D eigenvalue weighted by Gasteiger charge is 2.00. The number of nitrogens with zero attached hydrogens (tertiary/aromatic N) is 2. The minimum absolute atomic E-state index is 0.667. The topological polar surface area (TPSA) is 51.8 Å². The van der Waals surface area contributed by atoms with Crippen LogP contribution in [-0.2, 0) is 12.8 Å². The third-order valence-corrected chi connectivity index (χ3v) is 2.37. The Kier molecular flexibility index (Phi) is 3.45. The molecule has 1 heterocycles. The van der Waals surface area contributed by atoms with Gasteiger partial charge in [-0.05, 0) is 13.0 Å². The van der Waals surface area contributed by atoms with Crippen LogP contribution >= 0.6 is 11.3 Å². The fraction of sp³-hybridized carbons (Fsp3) is 0.714. The van der Waals surface area contributed by atoms with Crippen molar-refractivity contribution in [3.8, 4) is 0 Å². The highest BCUT2D eigenvalue weighted by atomic mass is 32.1. The Balaban J connectivity index is 2.51. The number of nitrogens with two attached hydrogens (primary N) is 1. The van der Waals surface area contributed by atoms with Gasteiger partial charge in [-0.25, -0.2) is 0 Å². The van der Waals surface area contributed by atoms with Crippen molar-refractivity contribution in [1.82, 2.24) is 10.2 Å². The first-order valence-corrected chi connectivity index (χ1v) is 4.69. The lowest BCUT2D eigenvalue weighted by atomic mass is 10.4. The Hall–Kier alpha value is -0.480. The maximum atomic E-state index is 5.38. The third-order valence-electron chi connectivity index (χ3n) is 1.33. The van der Waals surface area contributed by atoms with Gasteiger partial charge in [0.15, 0.2) is 0 Å². The van der Waals surface area contributed by atoms with Gasteiger partial charge < -0.3 is 5.73 Å². The summed E-state index contributed by atoms with van der Waals surface area (Å²) in [6.45, 7) is 2.81. The molecule has 0 aliphatic heterocycles. The largest absolute Gasteiger partial charge is 0.330 e. The molecule has 0 atom stereocenters. The second-order valence-corrected chi connectivity index (χ2v) is 3.52. The minimum atomic E-state index is 0.667. The van der Waals surface area contributed by atoms with Gasteiger partial charge >= 0.3 is 0 Å². The van der Waals surface area contributed by atoms with Gasteiger partial charge in [-0.15, -0.1) is 21.5 Å². The van der Waals surface area contributed by atoms with Gasteiger partial charge in [0, 0.05) is 12.8 Å². The van der Waals surface area contributed by atoms with Gasteiger partial charge in [-0.2, -0.15) is 0 Å². The molecule has 0 radical (unpaired) electrons. The quantitative estimate of drug-likeness (QED) is 0.735. The van der Waals surface area contributed by atoms with E-state index in [1.54, 1.807) is 11.3 Å². The van der Waals surface area contributed by atoms with Crippen LogP contribution in [0.5, 0.6) is 0 Å². The fourth-order valence-corrected chi connectivity index (χ4v) is 1.79. The summed E-state index contributed by atoms with van der Waals surface area (Å²) in [6, 6.07) is 0. The van der Waals surface area contributed by atoms with Crippen LogP contribution in [0, 0.1) is 0 Å². The molecule has 0 spiro atoms. The first kappa shape index (κ1) is 8.62. The maximum absolute atomic E-state index is 5.38. The number of aryl methyl sites for hydroxylation is 1. The third kappa shape index (κ3) is 2.55. The highest BCUT2D eigenvalue weighted by Crippen LogP contribution is 2.11.